The largest absolute Gasteiger partial charge is 0.383 e. The summed E-state index contributed by atoms with van der Waals surface area (Å²) in [6.45, 7) is -0.273. The summed E-state index contributed by atoms with van der Waals surface area (Å²) < 4.78 is 61.4. The van der Waals surface area contributed by atoms with Crippen molar-refractivity contribution in [2.45, 2.75) is 18.8 Å². The van der Waals surface area contributed by atoms with E-state index in [9.17, 15) is 26.7 Å². The number of amides is 1. The molecule has 1 amide bonds. The van der Waals surface area contributed by atoms with Crippen molar-refractivity contribution in [3.05, 3.63) is 35.6 Å². The summed E-state index contributed by atoms with van der Waals surface area (Å²) in [5.74, 6) is -7.24. The van der Waals surface area contributed by atoms with Gasteiger partial charge in [-0.2, -0.15) is 8.78 Å². The average molecular weight is 267 g/mol. The number of benzene rings is 1. The maximum Gasteiger partial charge on any atom is 0.383 e. The Hall–Kier alpha value is -1.66. The lowest BCUT2D eigenvalue weighted by molar-refractivity contribution is -0.169. The maximum absolute atomic E-state index is 12.7. The van der Waals surface area contributed by atoms with Crippen LogP contribution >= 0.6 is 0 Å². The molecule has 0 fully saturated rings. The number of nitrogens with one attached hydrogen (secondary N) is 1. The topological polar surface area (TPSA) is 29.1 Å². The minimum absolute atomic E-state index is 0.0722. The smallest absolute Gasteiger partial charge is 0.350 e. The van der Waals surface area contributed by atoms with Crippen LogP contribution in [0.25, 0.3) is 0 Å². The molecule has 0 unspecified atom stereocenters. The van der Waals surface area contributed by atoms with Crippen LogP contribution in [-0.4, -0.2) is 24.8 Å². The van der Waals surface area contributed by atoms with E-state index in [0.717, 1.165) is 6.07 Å². The summed E-state index contributed by atoms with van der Waals surface area (Å²) in [5.41, 5.74) is 0.468. The highest BCUT2D eigenvalue weighted by molar-refractivity contribution is 5.83. The van der Waals surface area contributed by atoms with Gasteiger partial charge in [0.05, 0.1) is 0 Å². The molecule has 1 N–H and O–H groups in total. The Morgan fingerprint density at radius 1 is 1.33 bits per heavy atom. The van der Waals surface area contributed by atoms with Crippen LogP contribution in [0, 0.1) is 5.82 Å². The first-order valence-corrected chi connectivity index (χ1v) is 5.02. The fraction of sp³-hybridized carbons (Fsp3) is 0.364. The monoisotopic (exact) mass is 267 g/mol. The zero-order valence-corrected chi connectivity index (χ0v) is 9.10. The molecular weight excluding hydrogens is 257 g/mol. The zero-order chi connectivity index (χ0) is 13.8. The lowest BCUT2D eigenvalue weighted by Crippen LogP contribution is -2.45. The second kappa shape index (κ2) is 5.79. The fourth-order valence-electron chi connectivity index (χ4n) is 1.23. The van der Waals surface area contributed by atoms with Gasteiger partial charge in [-0.25, -0.2) is 13.2 Å². The molecular formula is C11H10F5NO. The van der Waals surface area contributed by atoms with Gasteiger partial charge in [0.25, 0.3) is 5.91 Å². The summed E-state index contributed by atoms with van der Waals surface area (Å²) in [6, 6.07) is 5.31. The first-order valence-electron chi connectivity index (χ1n) is 5.02. The summed E-state index contributed by atoms with van der Waals surface area (Å²) in [4.78, 5) is 10.7. The van der Waals surface area contributed by atoms with Crippen LogP contribution in [0.5, 0.6) is 0 Å². The molecule has 100 valence electrons. The normalized spacial score (nSPS) is 11.7. The molecule has 0 heterocycles. The van der Waals surface area contributed by atoms with Gasteiger partial charge in [-0.15, -0.1) is 0 Å². The average Bonchev–Trinajstić information content (AvgIpc) is 2.28. The SMILES string of the molecule is O=C(NCCc1cccc(F)c1)C(F)(F)C(F)F. The Labute approximate surface area is 99.8 Å². The first kappa shape index (κ1) is 14.4. The predicted octanol–water partition coefficient (Wildman–Crippen LogP) is 2.38. The molecule has 0 aliphatic heterocycles. The lowest BCUT2D eigenvalue weighted by Gasteiger charge is -2.14. The van der Waals surface area contributed by atoms with Gasteiger partial charge in [-0.3, -0.25) is 4.79 Å². The van der Waals surface area contributed by atoms with E-state index in [0.29, 0.717) is 5.56 Å². The van der Waals surface area contributed by atoms with Gasteiger partial charge in [0, 0.05) is 6.54 Å². The highest BCUT2D eigenvalue weighted by atomic mass is 19.3. The van der Waals surface area contributed by atoms with Crippen LogP contribution in [0.1, 0.15) is 5.56 Å². The Morgan fingerprint density at radius 2 is 2.00 bits per heavy atom. The summed E-state index contributed by atoms with van der Waals surface area (Å²) in [7, 11) is 0. The van der Waals surface area contributed by atoms with E-state index >= 15 is 0 Å². The molecule has 0 saturated heterocycles. The van der Waals surface area contributed by atoms with Crippen LogP contribution in [0.4, 0.5) is 22.0 Å². The van der Waals surface area contributed by atoms with Crippen molar-refractivity contribution in [2.24, 2.45) is 0 Å². The van der Waals surface area contributed by atoms with Gasteiger partial charge in [0.1, 0.15) is 5.82 Å². The predicted molar refractivity (Wildman–Crippen MR) is 54.1 cm³/mol. The van der Waals surface area contributed by atoms with E-state index in [1.807, 2.05) is 0 Å². The fourth-order valence-corrected chi connectivity index (χ4v) is 1.23. The lowest BCUT2D eigenvalue weighted by atomic mass is 10.1. The standard InChI is InChI=1S/C11H10F5NO/c12-8-3-1-2-7(6-8)4-5-17-10(18)11(15,16)9(13)14/h1-3,6,9H,4-5H2,(H,17,18). The number of halogens is 5. The molecule has 0 saturated carbocycles. The van der Waals surface area contributed by atoms with Crippen LogP contribution in [0.3, 0.4) is 0 Å². The van der Waals surface area contributed by atoms with Crippen LogP contribution < -0.4 is 5.32 Å². The molecule has 0 aliphatic carbocycles. The van der Waals surface area contributed by atoms with Gasteiger partial charge in [0.2, 0.25) is 0 Å². The van der Waals surface area contributed by atoms with Crippen molar-refractivity contribution in [2.75, 3.05) is 6.54 Å². The van der Waals surface area contributed by atoms with Gasteiger partial charge >= 0.3 is 12.3 Å². The summed E-state index contributed by atoms with van der Waals surface area (Å²) >= 11 is 0. The Kier molecular flexibility index (Phi) is 4.63. The van der Waals surface area contributed by atoms with Gasteiger partial charge in [-0.1, -0.05) is 12.1 Å². The van der Waals surface area contributed by atoms with E-state index in [-0.39, 0.29) is 13.0 Å². The third-order valence-corrected chi connectivity index (χ3v) is 2.17. The molecule has 0 aromatic heterocycles. The minimum atomic E-state index is -4.71. The zero-order valence-electron chi connectivity index (χ0n) is 9.10. The molecule has 0 aliphatic rings. The molecule has 1 aromatic rings. The van der Waals surface area contributed by atoms with Crippen LogP contribution in [-0.2, 0) is 11.2 Å². The number of rotatable bonds is 5. The third kappa shape index (κ3) is 3.68. The summed E-state index contributed by atoms with van der Waals surface area (Å²) in [5, 5.41) is 1.68. The molecule has 0 spiro atoms. The third-order valence-electron chi connectivity index (χ3n) is 2.17. The summed E-state index contributed by atoms with van der Waals surface area (Å²) in [6.07, 6.45) is -3.98. The van der Waals surface area contributed by atoms with E-state index in [1.165, 1.54) is 18.2 Å². The van der Waals surface area contributed by atoms with Crippen molar-refractivity contribution in [1.82, 2.24) is 5.32 Å². The molecule has 1 aromatic carbocycles. The van der Waals surface area contributed by atoms with Crippen molar-refractivity contribution in [3.8, 4) is 0 Å². The molecule has 7 heteroatoms. The quantitative estimate of drug-likeness (QED) is 0.815. The van der Waals surface area contributed by atoms with Crippen molar-refractivity contribution in [1.29, 1.82) is 0 Å². The number of carbonyl (C=O) groups excluding carboxylic acids is 1. The Bertz CT molecular complexity index is 422. The Morgan fingerprint density at radius 3 is 2.56 bits per heavy atom. The van der Waals surface area contributed by atoms with E-state index in [2.05, 4.69) is 0 Å². The van der Waals surface area contributed by atoms with Crippen molar-refractivity contribution < 1.29 is 26.7 Å². The van der Waals surface area contributed by atoms with Gasteiger partial charge in [0.15, 0.2) is 0 Å². The van der Waals surface area contributed by atoms with Crippen LogP contribution in [0.15, 0.2) is 24.3 Å². The molecule has 1 rings (SSSR count). The number of carbonyl (C=O) groups is 1. The van der Waals surface area contributed by atoms with Gasteiger partial charge in [-0.05, 0) is 24.1 Å². The second-order valence-electron chi connectivity index (χ2n) is 3.56. The highest BCUT2D eigenvalue weighted by Gasteiger charge is 2.48. The van der Waals surface area contributed by atoms with E-state index in [1.54, 1.807) is 5.32 Å². The highest BCUT2D eigenvalue weighted by Crippen LogP contribution is 2.22. The molecule has 0 bridgehead atoms. The van der Waals surface area contributed by atoms with E-state index < -0.39 is 24.1 Å². The second-order valence-corrected chi connectivity index (χ2v) is 3.56. The first-order chi connectivity index (χ1) is 8.34. The number of hydrogen-bond donors (Lipinski definition) is 1. The molecule has 18 heavy (non-hydrogen) atoms. The Balaban J connectivity index is 2.45. The number of alkyl halides is 4. The van der Waals surface area contributed by atoms with E-state index in [4.69, 9.17) is 0 Å². The minimum Gasteiger partial charge on any atom is -0.350 e. The molecule has 0 atom stereocenters. The van der Waals surface area contributed by atoms with Crippen molar-refractivity contribution >= 4 is 5.91 Å². The molecule has 2 nitrogen and oxygen atoms in total. The number of hydrogen-bond acceptors (Lipinski definition) is 1. The van der Waals surface area contributed by atoms with Crippen LogP contribution in [0.2, 0.25) is 0 Å². The maximum atomic E-state index is 12.7. The van der Waals surface area contributed by atoms with Crippen molar-refractivity contribution in [3.63, 3.8) is 0 Å². The van der Waals surface area contributed by atoms with Gasteiger partial charge < -0.3 is 5.32 Å². The molecule has 0 radical (unpaired) electrons.